The Morgan fingerprint density at radius 3 is 2.72 bits per heavy atom. The van der Waals surface area contributed by atoms with Crippen LogP contribution in [0.5, 0.6) is 11.5 Å². The summed E-state index contributed by atoms with van der Waals surface area (Å²) >= 11 is 14.0. The van der Waals surface area contributed by atoms with E-state index in [0.717, 1.165) is 0 Å². The SMILES string of the molecule is COc1cc(C(=O)NC(N)=S)cc(Br)c1OCc1ccc(F)cc1Cl. The number of nitrogens with one attached hydrogen (secondary N) is 1. The average Bonchev–Trinajstić information content (AvgIpc) is 2.53. The predicted molar refractivity (Wildman–Crippen MR) is 101 cm³/mol. The molecule has 0 bridgehead atoms. The lowest BCUT2D eigenvalue weighted by atomic mass is 10.2. The molecule has 2 aromatic carbocycles. The smallest absolute Gasteiger partial charge is 0.257 e. The number of thiocarbonyl (C=S) groups is 1. The Morgan fingerprint density at radius 2 is 2.12 bits per heavy atom. The van der Waals surface area contributed by atoms with Crippen molar-refractivity contribution in [3.05, 3.63) is 56.8 Å². The minimum Gasteiger partial charge on any atom is -0.493 e. The van der Waals surface area contributed by atoms with Crippen LogP contribution in [-0.4, -0.2) is 18.1 Å². The van der Waals surface area contributed by atoms with Crippen molar-refractivity contribution >= 4 is 50.8 Å². The van der Waals surface area contributed by atoms with E-state index in [9.17, 15) is 9.18 Å². The van der Waals surface area contributed by atoms with Crippen LogP contribution in [0.25, 0.3) is 0 Å². The van der Waals surface area contributed by atoms with Gasteiger partial charge in [0, 0.05) is 11.1 Å². The first kappa shape index (κ1) is 19.4. The Labute approximate surface area is 162 Å². The molecule has 0 saturated heterocycles. The van der Waals surface area contributed by atoms with Crippen molar-refractivity contribution in [1.29, 1.82) is 0 Å². The fraction of sp³-hybridized carbons (Fsp3) is 0.125. The van der Waals surface area contributed by atoms with E-state index in [-0.39, 0.29) is 22.3 Å². The summed E-state index contributed by atoms with van der Waals surface area (Å²) in [7, 11) is 1.44. The molecule has 132 valence electrons. The minimum atomic E-state index is -0.473. The van der Waals surface area contributed by atoms with E-state index in [0.29, 0.717) is 21.5 Å². The molecule has 0 aliphatic heterocycles. The maximum Gasteiger partial charge on any atom is 0.257 e. The molecule has 0 unspecified atom stereocenters. The Morgan fingerprint density at radius 1 is 1.40 bits per heavy atom. The topological polar surface area (TPSA) is 73.6 Å². The number of carbonyl (C=O) groups is 1. The minimum absolute atomic E-state index is 0.0898. The molecule has 0 aliphatic carbocycles. The zero-order valence-electron chi connectivity index (χ0n) is 12.9. The molecule has 0 radical (unpaired) electrons. The maximum atomic E-state index is 13.1. The van der Waals surface area contributed by atoms with E-state index in [1.165, 1.54) is 37.4 Å². The molecular weight excluding hydrogens is 435 g/mol. The highest BCUT2D eigenvalue weighted by atomic mass is 79.9. The number of hydrogen-bond acceptors (Lipinski definition) is 4. The lowest BCUT2D eigenvalue weighted by Gasteiger charge is -2.15. The van der Waals surface area contributed by atoms with Crippen LogP contribution in [0.1, 0.15) is 15.9 Å². The molecule has 25 heavy (non-hydrogen) atoms. The first-order valence-electron chi connectivity index (χ1n) is 6.87. The molecule has 0 aromatic heterocycles. The highest BCUT2D eigenvalue weighted by Crippen LogP contribution is 2.37. The van der Waals surface area contributed by atoms with Gasteiger partial charge in [0.15, 0.2) is 16.6 Å². The number of rotatable bonds is 5. The standard InChI is InChI=1S/C16H13BrClFN2O3S/c1-23-13-5-9(15(22)21-16(20)25)4-11(17)14(13)24-7-8-2-3-10(19)6-12(8)18/h2-6H,7H2,1H3,(H3,20,21,22,25). The van der Waals surface area contributed by atoms with Crippen molar-refractivity contribution in [2.45, 2.75) is 6.61 Å². The summed E-state index contributed by atoms with van der Waals surface area (Å²) in [4.78, 5) is 12.0. The summed E-state index contributed by atoms with van der Waals surface area (Å²) in [5.74, 6) is -0.212. The van der Waals surface area contributed by atoms with E-state index >= 15 is 0 Å². The van der Waals surface area contributed by atoms with E-state index < -0.39 is 11.7 Å². The molecule has 9 heteroatoms. The van der Waals surface area contributed by atoms with Crippen molar-refractivity contribution in [2.24, 2.45) is 5.73 Å². The van der Waals surface area contributed by atoms with Gasteiger partial charge in [-0.15, -0.1) is 0 Å². The summed E-state index contributed by atoms with van der Waals surface area (Å²) < 4.78 is 24.6. The Balaban J connectivity index is 2.25. The van der Waals surface area contributed by atoms with Crippen LogP contribution in [0.2, 0.25) is 5.02 Å². The van der Waals surface area contributed by atoms with E-state index in [4.69, 9.17) is 26.8 Å². The van der Waals surface area contributed by atoms with E-state index in [1.54, 1.807) is 0 Å². The lowest BCUT2D eigenvalue weighted by Crippen LogP contribution is -2.34. The summed E-state index contributed by atoms with van der Waals surface area (Å²) in [5.41, 5.74) is 6.18. The second-order valence-electron chi connectivity index (χ2n) is 4.83. The molecule has 0 heterocycles. The zero-order valence-corrected chi connectivity index (χ0v) is 16.1. The van der Waals surface area contributed by atoms with Crippen molar-refractivity contribution in [1.82, 2.24) is 5.32 Å². The van der Waals surface area contributed by atoms with Gasteiger partial charge in [-0.3, -0.25) is 10.1 Å². The number of amides is 1. The van der Waals surface area contributed by atoms with Gasteiger partial charge in [-0.2, -0.15) is 0 Å². The Hall–Kier alpha value is -1.90. The van der Waals surface area contributed by atoms with E-state index in [2.05, 4.69) is 33.5 Å². The van der Waals surface area contributed by atoms with Gasteiger partial charge in [-0.1, -0.05) is 17.7 Å². The normalized spacial score (nSPS) is 10.2. The van der Waals surface area contributed by atoms with Crippen molar-refractivity contribution in [2.75, 3.05) is 7.11 Å². The van der Waals surface area contributed by atoms with Crippen LogP contribution in [-0.2, 0) is 6.61 Å². The maximum absolute atomic E-state index is 13.1. The van der Waals surface area contributed by atoms with Crippen LogP contribution in [0.3, 0.4) is 0 Å². The molecule has 3 N–H and O–H groups in total. The van der Waals surface area contributed by atoms with Crippen LogP contribution in [0.4, 0.5) is 4.39 Å². The number of hydrogen-bond donors (Lipinski definition) is 2. The molecule has 2 aromatic rings. The van der Waals surface area contributed by atoms with Gasteiger partial charge in [0.1, 0.15) is 12.4 Å². The van der Waals surface area contributed by atoms with Crippen molar-refractivity contribution in [3.8, 4) is 11.5 Å². The molecule has 0 aliphatic rings. The Bertz CT molecular complexity index is 835. The molecule has 5 nitrogen and oxygen atoms in total. The number of methoxy groups -OCH3 is 1. The van der Waals surface area contributed by atoms with Gasteiger partial charge in [-0.05, 0) is 52.4 Å². The third-order valence-electron chi connectivity index (χ3n) is 3.12. The number of halogens is 3. The van der Waals surface area contributed by atoms with Crippen LogP contribution in [0, 0.1) is 5.82 Å². The first-order chi connectivity index (χ1) is 11.8. The second kappa shape index (κ2) is 8.46. The number of ether oxygens (including phenoxy) is 2. The molecule has 0 spiro atoms. The van der Waals surface area contributed by atoms with Crippen LogP contribution < -0.4 is 20.5 Å². The van der Waals surface area contributed by atoms with Crippen LogP contribution >= 0.6 is 39.7 Å². The fourth-order valence-corrected chi connectivity index (χ4v) is 2.83. The van der Waals surface area contributed by atoms with Gasteiger partial charge in [0.05, 0.1) is 16.6 Å². The highest BCUT2D eigenvalue weighted by Gasteiger charge is 2.16. The number of carbonyl (C=O) groups excluding carboxylic acids is 1. The number of nitrogens with two attached hydrogens (primary N) is 1. The third-order valence-corrected chi connectivity index (χ3v) is 4.16. The monoisotopic (exact) mass is 446 g/mol. The molecule has 0 saturated carbocycles. The Kier molecular flexibility index (Phi) is 6.57. The van der Waals surface area contributed by atoms with E-state index in [1.807, 2.05) is 0 Å². The zero-order chi connectivity index (χ0) is 18.6. The van der Waals surface area contributed by atoms with Gasteiger partial charge >= 0.3 is 0 Å². The number of benzene rings is 2. The molecule has 0 atom stereocenters. The highest BCUT2D eigenvalue weighted by molar-refractivity contribution is 9.10. The summed E-state index contributed by atoms with van der Waals surface area (Å²) in [6.07, 6.45) is 0. The molecular formula is C16H13BrClFN2O3S. The van der Waals surface area contributed by atoms with Crippen LogP contribution in [0.15, 0.2) is 34.8 Å². The second-order valence-corrected chi connectivity index (χ2v) is 6.53. The summed E-state index contributed by atoms with van der Waals surface area (Å²) in [6, 6.07) is 7.05. The summed E-state index contributed by atoms with van der Waals surface area (Å²) in [6.45, 7) is 0.0898. The lowest BCUT2D eigenvalue weighted by molar-refractivity contribution is 0.0977. The van der Waals surface area contributed by atoms with Gasteiger partial charge in [0.25, 0.3) is 5.91 Å². The predicted octanol–water partition coefficient (Wildman–Crippen LogP) is 3.80. The molecule has 0 fully saturated rings. The average molecular weight is 448 g/mol. The fourth-order valence-electron chi connectivity index (χ4n) is 1.96. The quantitative estimate of drug-likeness (QED) is 0.682. The van der Waals surface area contributed by atoms with Crippen molar-refractivity contribution < 1.29 is 18.7 Å². The molecule has 2 rings (SSSR count). The third kappa shape index (κ3) is 5.04. The summed E-state index contributed by atoms with van der Waals surface area (Å²) in [5, 5.41) is 2.45. The van der Waals surface area contributed by atoms with Gasteiger partial charge < -0.3 is 15.2 Å². The van der Waals surface area contributed by atoms with Gasteiger partial charge in [0.2, 0.25) is 0 Å². The first-order valence-corrected chi connectivity index (χ1v) is 8.44. The van der Waals surface area contributed by atoms with Gasteiger partial charge in [-0.25, -0.2) is 4.39 Å². The largest absolute Gasteiger partial charge is 0.493 e. The molecule has 1 amide bonds. The van der Waals surface area contributed by atoms with Crippen molar-refractivity contribution in [3.63, 3.8) is 0 Å².